The largest absolute Gasteiger partial charge is 0.490 e. The minimum Gasteiger partial charge on any atom is -0.475 e. The lowest BCUT2D eigenvalue weighted by atomic mass is 10.1. The van der Waals surface area contributed by atoms with Crippen molar-refractivity contribution in [1.29, 1.82) is 0 Å². The Kier molecular flexibility index (Phi) is 11.0. The Morgan fingerprint density at radius 3 is 2.67 bits per heavy atom. The average Bonchev–Trinajstić information content (AvgIpc) is 3.72. The molecule has 2 aliphatic rings. The number of likely N-dealkylation sites (tertiary alicyclic amines) is 1. The number of thiophene rings is 1. The summed E-state index contributed by atoms with van der Waals surface area (Å²) >= 11 is 2.91. The molecule has 0 spiro atoms. The first-order valence-electron chi connectivity index (χ1n) is 13.5. The number of rotatable bonds is 10. The van der Waals surface area contributed by atoms with Crippen molar-refractivity contribution in [2.24, 2.45) is 0 Å². The Morgan fingerprint density at radius 2 is 2.02 bits per heavy atom. The number of allylic oxidation sites excluding steroid dienone is 1. The Labute approximate surface area is 255 Å². The second kappa shape index (κ2) is 14.3. The number of hydrogen-bond donors (Lipinski definition) is 2. The number of β-amino-alcohol motifs (C(OH)–C–C–N with tert-alkyl or cyclic N) is 1. The Balaban J connectivity index is 0.000000541. The maximum absolute atomic E-state index is 13.6. The van der Waals surface area contributed by atoms with Gasteiger partial charge in [0.2, 0.25) is 0 Å². The summed E-state index contributed by atoms with van der Waals surface area (Å²) in [6, 6.07) is 9.26. The maximum Gasteiger partial charge on any atom is 0.490 e. The van der Waals surface area contributed by atoms with Gasteiger partial charge in [0.05, 0.1) is 24.9 Å². The van der Waals surface area contributed by atoms with E-state index in [1.54, 1.807) is 28.8 Å². The molecule has 9 nitrogen and oxygen atoms in total. The van der Waals surface area contributed by atoms with Crippen molar-refractivity contribution in [2.75, 3.05) is 37.2 Å². The zero-order valence-electron chi connectivity index (χ0n) is 23.3. The van der Waals surface area contributed by atoms with Crippen LogP contribution in [0.5, 0.6) is 0 Å². The molecule has 43 heavy (non-hydrogen) atoms. The molecule has 2 N–H and O–H groups in total. The number of nitrogens with zero attached hydrogens (tertiary/aromatic N) is 3. The number of fused-ring (bicyclic) bond motifs is 1. The normalized spacial score (nSPS) is 17.1. The number of alkyl halides is 3. The molecule has 0 radical (unpaired) electrons. The van der Waals surface area contributed by atoms with E-state index in [2.05, 4.69) is 11.0 Å². The first-order chi connectivity index (χ1) is 20.4. The first kappa shape index (κ1) is 33.1. The number of benzene rings is 1. The van der Waals surface area contributed by atoms with E-state index in [4.69, 9.17) is 19.6 Å². The van der Waals surface area contributed by atoms with E-state index in [1.165, 1.54) is 20.5 Å². The van der Waals surface area contributed by atoms with Gasteiger partial charge in [-0.3, -0.25) is 9.21 Å². The number of aliphatic carboxylic acids is 1. The number of carboxylic acid groups (broad SMARTS) is 1. The van der Waals surface area contributed by atoms with Crippen LogP contribution in [0.25, 0.3) is 11.6 Å². The molecular formula is C28H32F3N3O6S3. The van der Waals surface area contributed by atoms with Crippen molar-refractivity contribution in [2.45, 2.75) is 49.2 Å². The quantitative estimate of drug-likeness (QED) is 0.288. The monoisotopic (exact) mass is 659 g/mol. The lowest BCUT2D eigenvalue weighted by Crippen LogP contribution is -2.37. The fourth-order valence-electron chi connectivity index (χ4n) is 4.83. The Morgan fingerprint density at radius 1 is 1.26 bits per heavy atom. The molecule has 1 atom stereocenters. The fourth-order valence-corrected chi connectivity index (χ4v) is 8.38. The van der Waals surface area contributed by atoms with Crippen LogP contribution in [0.1, 0.15) is 40.8 Å². The van der Waals surface area contributed by atoms with Crippen LogP contribution in [-0.2, 0) is 32.5 Å². The number of carboxylic acids is 1. The van der Waals surface area contributed by atoms with Crippen molar-refractivity contribution in [3.05, 3.63) is 62.9 Å². The molecule has 3 aromatic rings. The highest BCUT2D eigenvalue weighted by atomic mass is 32.2. The number of halogens is 3. The van der Waals surface area contributed by atoms with E-state index < -0.39 is 22.2 Å². The highest BCUT2D eigenvalue weighted by molar-refractivity contribution is 7.94. The number of aliphatic hydroxyl groups excluding tert-OH is 1. The number of aromatic nitrogens is 1. The third kappa shape index (κ3) is 8.42. The summed E-state index contributed by atoms with van der Waals surface area (Å²) in [5.74, 6) is -2.76. The van der Waals surface area contributed by atoms with Crippen LogP contribution in [-0.4, -0.2) is 79.6 Å². The van der Waals surface area contributed by atoms with Crippen LogP contribution in [0.2, 0.25) is 0 Å². The van der Waals surface area contributed by atoms with Crippen LogP contribution in [0.15, 0.2) is 46.1 Å². The molecular weight excluding hydrogens is 628 g/mol. The third-order valence-electron chi connectivity index (χ3n) is 6.77. The number of ether oxygens (including phenoxy) is 1. The lowest BCUT2D eigenvalue weighted by Gasteiger charge is -2.29. The topological polar surface area (TPSA) is 120 Å². The van der Waals surface area contributed by atoms with Gasteiger partial charge < -0.3 is 14.9 Å². The molecule has 1 saturated heterocycles. The number of anilines is 1. The Bertz CT molecular complexity index is 1520. The average molecular weight is 660 g/mol. The molecule has 1 aliphatic heterocycles. The molecule has 15 heteroatoms. The molecule has 1 unspecified atom stereocenters. The predicted molar refractivity (Wildman–Crippen MR) is 160 cm³/mol. The zero-order chi connectivity index (χ0) is 31.2. The zero-order valence-corrected chi connectivity index (χ0v) is 25.7. The summed E-state index contributed by atoms with van der Waals surface area (Å²) in [5.41, 5.74) is 3.83. The Hall–Kier alpha value is -2.82. The van der Waals surface area contributed by atoms with Crippen molar-refractivity contribution in [3.63, 3.8) is 0 Å². The SMILES string of the molecule is CCOCCN(c1cccc2c1CC(c1ncc(CN3CCCC(O)C3)s1)=C2)S(=O)(=O)c1cccs1.O=C(O)C(F)(F)F. The fraction of sp³-hybridized carbons (Fsp3) is 0.429. The molecule has 234 valence electrons. The van der Waals surface area contributed by atoms with Gasteiger partial charge in [-0.2, -0.15) is 13.2 Å². The van der Waals surface area contributed by atoms with Gasteiger partial charge in [0, 0.05) is 37.2 Å². The highest BCUT2D eigenvalue weighted by Crippen LogP contribution is 2.40. The van der Waals surface area contributed by atoms with E-state index >= 15 is 0 Å². The molecule has 3 heterocycles. The first-order valence-corrected chi connectivity index (χ1v) is 16.7. The smallest absolute Gasteiger partial charge is 0.475 e. The summed E-state index contributed by atoms with van der Waals surface area (Å²) in [6.07, 6.45) is 1.26. The number of sulfonamides is 1. The summed E-state index contributed by atoms with van der Waals surface area (Å²) in [4.78, 5) is 17.1. The van der Waals surface area contributed by atoms with Gasteiger partial charge in [-0.25, -0.2) is 18.2 Å². The van der Waals surface area contributed by atoms with Crippen LogP contribution in [0.3, 0.4) is 0 Å². The molecule has 0 bridgehead atoms. The summed E-state index contributed by atoms with van der Waals surface area (Å²) in [7, 11) is -3.70. The number of thiazole rings is 1. The van der Waals surface area contributed by atoms with E-state index in [9.17, 15) is 26.7 Å². The van der Waals surface area contributed by atoms with Crippen molar-refractivity contribution >= 4 is 56.0 Å². The van der Waals surface area contributed by atoms with Gasteiger partial charge in [0.25, 0.3) is 10.0 Å². The van der Waals surface area contributed by atoms with Crippen LogP contribution in [0, 0.1) is 0 Å². The standard InChI is InChI=1S/C26H31N3O4S3.C2HF3O2/c1-2-33-12-11-29(36(31,32)25-9-5-13-34-25)24-8-3-6-19-14-20(15-23(19)24)26-27-16-22(35-26)18-28-10-4-7-21(30)17-28;3-2(4,5)1(6)7/h3,5-6,8-9,13-14,16,21,30H,2,4,7,10-12,15,17-18H2,1H3;(H,6,7). The number of aliphatic hydroxyl groups is 1. The van der Waals surface area contributed by atoms with Crippen molar-refractivity contribution in [3.8, 4) is 0 Å². The predicted octanol–water partition coefficient (Wildman–Crippen LogP) is 5.12. The van der Waals surface area contributed by atoms with Crippen LogP contribution in [0.4, 0.5) is 18.9 Å². The maximum atomic E-state index is 13.6. The van der Waals surface area contributed by atoms with Crippen molar-refractivity contribution < 1.29 is 41.3 Å². The van der Waals surface area contributed by atoms with Crippen molar-refractivity contribution in [1.82, 2.24) is 9.88 Å². The van der Waals surface area contributed by atoms with E-state index in [1.807, 2.05) is 31.3 Å². The van der Waals surface area contributed by atoms with Gasteiger partial charge >= 0.3 is 12.1 Å². The lowest BCUT2D eigenvalue weighted by molar-refractivity contribution is -0.192. The molecule has 0 saturated carbocycles. The van der Waals surface area contributed by atoms with Crippen LogP contribution < -0.4 is 4.31 Å². The van der Waals surface area contributed by atoms with Gasteiger partial charge in [0.15, 0.2) is 0 Å². The second-order valence-corrected chi connectivity index (χ2v) is 14.0. The van der Waals surface area contributed by atoms with Gasteiger partial charge in [-0.1, -0.05) is 18.2 Å². The highest BCUT2D eigenvalue weighted by Gasteiger charge is 2.38. The number of hydrogen-bond acceptors (Lipinski definition) is 9. The summed E-state index contributed by atoms with van der Waals surface area (Å²) in [5, 5.41) is 19.8. The summed E-state index contributed by atoms with van der Waals surface area (Å²) < 4.78 is 66.3. The van der Waals surface area contributed by atoms with Gasteiger partial charge in [-0.15, -0.1) is 22.7 Å². The van der Waals surface area contributed by atoms with E-state index in [-0.39, 0.29) is 12.6 Å². The molecule has 1 aromatic carbocycles. The van der Waals surface area contributed by atoms with Crippen LogP contribution >= 0.6 is 22.7 Å². The second-order valence-electron chi connectivity index (χ2n) is 9.86. The third-order valence-corrected chi connectivity index (χ3v) is 11.0. The van der Waals surface area contributed by atoms with Gasteiger partial charge in [-0.05, 0) is 66.6 Å². The number of carbonyl (C=O) groups is 1. The minimum atomic E-state index is -5.08. The van der Waals surface area contributed by atoms with Gasteiger partial charge in [0.1, 0.15) is 9.22 Å². The summed E-state index contributed by atoms with van der Waals surface area (Å²) in [6.45, 7) is 5.52. The molecule has 1 aliphatic carbocycles. The molecule has 1 fully saturated rings. The van der Waals surface area contributed by atoms with E-state index in [0.717, 1.165) is 47.6 Å². The molecule has 5 rings (SSSR count). The molecule has 2 aromatic heterocycles. The number of piperidine rings is 1. The van der Waals surface area contributed by atoms with E-state index in [0.29, 0.717) is 36.1 Å². The molecule has 0 amide bonds. The minimum absolute atomic E-state index is 0.243.